The Morgan fingerprint density at radius 1 is 1.00 bits per heavy atom. The molecule has 29 heavy (non-hydrogen) atoms. The molecule has 10 nitrogen and oxygen atoms in total. The highest BCUT2D eigenvalue weighted by Crippen LogP contribution is 2.35. The van der Waals surface area contributed by atoms with E-state index < -0.39 is 42.0 Å². The molecule has 0 saturated carbocycles. The third-order valence-electron chi connectivity index (χ3n) is 4.37. The summed E-state index contributed by atoms with van der Waals surface area (Å²) in [5, 5.41) is 10.9. The lowest BCUT2D eigenvalue weighted by atomic mass is 9.91. The predicted molar refractivity (Wildman–Crippen MR) is 97.3 cm³/mol. The topological polar surface area (TPSA) is 135 Å². The molecule has 1 N–H and O–H groups in total. The molecule has 166 valence electrons. The van der Waals surface area contributed by atoms with E-state index in [1.54, 1.807) is 0 Å². The summed E-state index contributed by atoms with van der Waals surface area (Å²) in [6, 6.07) is 0. The zero-order chi connectivity index (χ0) is 22.0. The number of hydrogen-bond donors (Lipinski definition) is 1. The highest BCUT2D eigenvalue weighted by molar-refractivity contribution is 5.69. The highest BCUT2D eigenvalue weighted by Gasteiger charge is 2.49. The van der Waals surface area contributed by atoms with Crippen molar-refractivity contribution < 1.29 is 48.0 Å². The molecule has 10 heteroatoms. The summed E-state index contributed by atoms with van der Waals surface area (Å²) in [7, 11) is 1.32. The van der Waals surface area contributed by atoms with E-state index in [-0.39, 0.29) is 31.8 Å². The molecule has 0 amide bonds. The van der Waals surface area contributed by atoms with Crippen LogP contribution >= 0.6 is 0 Å². The molecule has 0 bridgehead atoms. The van der Waals surface area contributed by atoms with E-state index in [1.807, 2.05) is 0 Å². The van der Waals surface area contributed by atoms with E-state index in [4.69, 9.17) is 18.9 Å². The van der Waals surface area contributed by atoms with Crippen LogP contribution in [0.25, 0.3) is 0 Å². The molecule has 1 saturated heterocycles. The summed E-state index contributed by atoms with van der Waals surface area (Å²) >= 11 is 0. The summed E-state index contributed by atoms with van der Waals surface area (Å²) in [5.74, 6) is -3.79. The molecule has 0 aromatic carbocycles. The van der Waals surface area contributed by atoms with Crippen LogP contribution in [0.15, 0.2) is 0 Å². The fourth-order valence-electron chi connectivity index (χ4n) is 3.17. The quantitative estimate of drug-likeness (QED) is 0.311. The first-order valence-corrected chi connectivity index (χ1v) is 9.51. The summed E-state index contributed by atoms with van der Waals surface area (Å²) in [6.45, 7) is 3.32. The molecule has 0 unspecified atom stereocenters. The lowest BCUT2D eigenvalue weighted by Crippen LogP contribution is -2.58. The van der Waals surface area contributed by atoms with E-state index >= 15 is 0 Å². The Morgan fingerprint density at radius 3 is 2.21 bits per heavy atom. The van der Waals surface area contributed by atoms with Crippen LogP contribution in [0.3, 0.4) is 0 Å². The van der Waals surface area contributed by atoms with Crippen LogP contribution < -0.4 is 0 Å². The Morgan fingerprint density at radius 2 is 1.66 bits per heavy atom. The first kappa shape index (κ1) is 24.8. The first-order chi connectivity index (χ1) is 13.6. The minimum absolute atomic E-state index is 0.113. The maximum Gasteiger partial charge on any atom is 0.305 e. The van der Waals surface area contributed by atoms with Crippen LogP contribution in [0.2, 0.25) is 0 Å². The van der Waals surface area contributed by atoms with Gasteiger partial charge in [0.15, 0.2) is 11.9 Å². The van der Waals surface area contributed by atoms with Gasteiger partial charge in [-0.2, -0.15) is 0 Å². The maximum atomic E-state index is 11.5. The van der Waals surface area contributed by atoms with Crippen molar-refractivity contribution in [3.8, 4) is 0 Å². The molecule has 4 atom stereocenters. The van der Waals surface area contributed by atoms with Crippen molar-refractivity contribution in [1.82, 2.24) is 0 Å². The van der Waals surface area contributed by atoms with Crippen molar-refractivity contribution in [2.75, 3.05) is 13.7 Å². The molecule has 1 heterocycles. The molecule has 1 fully saturated rings. The number of ether oxygens (including phenoxy) is 5. The number of rotatable bonds is 10. The van der Waals surface area contributed by atoms with Crippen LogP contribution in [-0.2, 0) is 42.9 Å². The standard InChI is InChI=1S/C19H30O10/c1-12(20)26-11-16-18(28-14(3)22)15(27-13(2)21)10-19(24,29-16)9-7-5-6-8-17(23)25-4/h15-16,18,24H,5-11H2,1-4H3/t15-,16-,18+,19+/m1/s1. The zero-order valence-electron chi connectivity index (χ0n) is 17.3. The number of carbonyl (C=O) groups excluding carboxylic acids is 4. The van der Waals surface area contributed by atoms with Gasteiger partial charge in [0.05, 0.1) is 7.11 Å². The van der Waals surface area contributed by atoms with Crippen LogP contribution in [0, 0.1) is 0 Å². The third-order valence-corrected chi connectivity index (χ3v) is 4.37. The Bertz CT molecular complexity index is 590. The van der Waals surface area contributed by atoms with Gasteiger partial charge >= 0.3 is 23.9 Å². The average Bonchev–Trinajstić information content (AvgIpc) is 2.61. The van der Waals surface area contributed by atoms with Gasteiger partial charge in [-0.05, 0) is 12.8 Å². The molecule has 1 rings (SSSR count). The van der Waals surface area contributed by atoms with Gasteiger partial charge in [0.25, 0.3) is 0 Å². The van der Waals surface area contributed by atoms with E-state index in [0.29, 0.717) is 19.3 Å². The molecule has 1 aliphatic heterocycles. The number of aliphatic hydroxyl groups is 1. The molecular weight excluding hydrogens is 388 g/mol. The van der Waals surface area contributed by atoms with Gasteiger partial charge in [0.1, 0.15) is 18.8 Å². The molecule has 1 aliphatic rings. The lowest BCUT2D eigenvalue weighted by molar-refractivity contribution is -0.311. The minimum Gasteiger partial charge on any atom is -0.469 e. The summed E-state index contributed by atoms with van der Waals surface area (Å²) in [4.78, 5) is 45.3. The number of methoxy groups -OCH3 is 1. The number of carbonyl (C=O) groups is 4. The van der Waals surface area contributed by atoms with Gasteiger partial charge in [0.2, 0.25) is 0 Å². The van der Waals surface area contributed by atoms with Crippen molar-refractivity contribution in [2.45, 2.75) is 83.4 Å². The normalized spacial score (nSPS) is 26.3. The van der Waals surface area contributed by atoms with Gasteiger partial charge in [-0.3, -0.25) is 19.2 Å². The summed E-state index contributed by atoms with van der Waals surface area (Å²) < 4.78 is 25.7. The second-order valence-electron chi connectivity index (χ2n) is 6.97. The summed E-state index contributed by atoms with van der Waals surface area (Å²) in [6.07, 6.45) is -0.909. The maximum absolute atomic E-state index is 11.5. The number of esters is 4. The van der Waals surface area contributed by atoms with Crippen molar-refractivity contribution >= 4 is 23.9 Å². The van der Waals surface area contributed by atoms with E-state index in [2.05, 4.69) is 4.74 Å². The Kier molecular flexibility index (Phi) is 10.0. The first-order valence-electron chi connectivity index (χ1n) is 9.51. The largest absolute Gasteiger partial charge is 0.469 e. The number of unbranched alkanes of at least 4 members (excludes halogenated alkanes) is 2. The van der Waals surface area contributed by atoms with Gasteiger partial charge < -0.3 is 28.8 Å². The molecule has 0 radical (unpaired) electrons. The fraction of sp³-hybridized carbons (Fsp3) is 0.789. The zero-order valence-corrected chi connectivity index (χ0v) is 17.3. The Balaban J connectivity index is 2.84. The Labute approximate surface area is 169 Å². The second-order valence-corrected chi connectivity index (χ2v) is 6.97. The van der Waals surface area contributed by atoms with Crippen molar-refractivity contribution in [3.63, 3.8) is 0 Å². The second kappa shape index (κ2) is 11.7. The smallest absolute Gasteiger partial charge is 0.305 e. The molecule has 0 aromatic rings. The SMILES string of the molecule is COC(=O)CCCCC[C@@]1(O)C[C@@H](OC(C)=O)[C@H](OC(C)=O)[C@@H](COC(C)=O)O1. The van der Waals surface area contributed by atoms with Crippen LogP contribution in [0.5, 0.6) is 0 Å². The molecule has 0 aliphatic carbocycles. The van der Waals surface area contributed by atoms with Crippen LogP contribution in [0.1, 0.15) is 59.3 Å². The number of hydrogen-bond acceptors (Lipinski definition) is 10. The van der Waals surface area contributed by atoms with Crippen LogP contribution in [-0.4, -0.2) is 66.8 Å². The van der Waals surface area contributed by atoms with Gasteiger partial charge in [0, 0.05) is 40.0 Å². The van der Waals surface area contributed by atoms with E-state index in [1.165, 1.54) is 27.9 Å². The predicted octanol–water partition coefficient (Wildman–Crippen LogP) is 1.01. The molecule has 0 spiro atoms. The third kappa shape index (κ3) is 9.23. The van der Waals surface area contributed by atoms with Crippen LogP contribution in [0.4, 0.5) is 0 Å². The average molecular weight is 418 g/mol. The highest BCUT2D eigenvalue weighted by atomic mass is 16.7. The lowest BCUT2D eigenvalue weighted by Gasteiger charge is -2.44. The van der Waals surface area contributed by atoms with Gasteiger partial charge in [-0.1, -0.05) is 6.42 Å². The van der Waals surface area contributed by atoms with E-state index in [9.17, 15) is 24.3 Å². The Hall–Kier alpha value is -2.20. The fourth-order valence-corrected chi connectivity index (χ4v) is 3.17. The monoisotopic (exact) mass is 418 g/mol. The van der Waals surface area contributed by atoms with Gasteiger partial charge in [-0.25, -0.2) is 0 Å². The van der Waals surface area contributed by atoms with E-state index in [0.717, 1.165) is 0 Å². The van der Waals surface area contributed by atoms with Crippen molar-refractivity contribution in [2.24, 2.45) is 0 Å². The van der Waals surface area contributed by atoms with Gasteiger partial charge in [-0.15, -0.1) is 0 Å². The summed E-state index contributed by atoms with van der Waals surface area (Å²) in [5.41, 5.74) is 0. The minimum atomic E-state index is -1.67. The molecule has 0 aromatic heterocycles. The van der Waals surface area contributed by atoms with Crippen molar-refractivity contribution in [3.05, 3.63) is 0 Å². The van der Waals surface area contributed by atoms with Crippen molar-refractivity contribution in [1.29, 1.82) is 0 Å². The molecular formula is C19H30O10.